The maximum atomic E-state index is 11.9. The Labute approximate surface area is 129 Å². The summed E-state index contributed by atoms with van der Waals surface area (Å²) in [5.74, 6) is 0. The Bertz CT molecular complexity index is 658. The molecular weight excluding hydrogens is 284 g/mol. The summed E-state index contributed by atoms with van der Waals surface area (Å²) in [4.78, 5) is 13.2. The molecular formula is C15H22N4O3. The van der Waals surface area contributed by atoms with E-state index in [4.69, 9.17) is 4.74 Å². The van der Waals surface area contributed by atoms with Crippen molar-refractivity contribution < 1.29 is 14.6 Å². The van der Waals surface area contributed by atoms with Gasteiger partial charge in [-0.25, -0.2) is 10.2 Å². The molecule has 1 aromatic carbocycles. The quantitative estimate of drug-likeness (QED) is 0.904. The Kier molecular flexibility index (Phi) is 4.65. The van der Waals surface area contributed by atoms with Crippen molar-refractivity contribution in [1.29, 1.82) is 0 Å². The van der Waals surface area contributed by atoms with Gasteiger partial charge in [-0.1, -0.05) is 12.1 Å². The number of aromatic nitrogens is 3. The van der Waals surface area contributed by atoms with Crippen molar-refractivity contribution in [2.24, 2.45) is 0 Å². The smallest absolute Gasteiger partial charge is 0.428 e. The first-order valence-electron chi connectivity index (χ1n) is 7.27. The first kappa shape index (κ1) is 16.2. The van der Waals surface area contributed by atoms with Crippen molar-refractivity contribution in [2.75, 3.05) is 5.43 Å². The minimum absolute atomic E-state index is 0.390. The maximum Gasteiger partial charge on any atom is 0.428 e. The third kappa shape index (κ3) is 4.17. The van der Waals surface area contributed by atoms with Gasteiger partial charge < -0.3 is 9.84 Å². The number of para-hydroxylation sites is 1. The molecule has 0 radical (unpaired) electrons. The summed E-state index contributed by atoms with van der Waals surface area (Å²) in [6.45, 7) is 7.12. The van der Waals surface area contributed by atoms with Crippen molar-refractivity contribution in [3.63, 3.8) is 0 Å². The largest absolute Gasteiger partial charge is 0.443 e. The molecule has 2 N–H and O–H groups in total. The standard InChI is InChI=1S/C15H22N4O3/c1-10(20)8-9-11-6-5-7-12-13(11)19(18-16-12)17-14(21)22-15(2,3)4/h5-7,10,20H,8-9H2,1-4H3,(H,17,21)/t10-/m0/s1. The van der Waals surface area contributed by atoms with Crippen LogP contribution in [0, 0.1) is 0 Å². The van der Waals surface area contributed by atoms with Crippen LogP contribution in [0.1, 0.15) is 39.7 Å². The van der Waals surface area contributed by atoms with Crippen molar-refractivity contribution in [1.82, 2.24) is 15.1 Å². The van der Waals surface area contributed by atoms with Crippen LogP contribution in [0.5, 0.6) is 0 Å². The minimum atomic E-state index is -0.593. The Hall–Kier alpha value is -2.15. The van der Waals surface area contributed by atoms with Gasteiger partial charge in [-0.3, -0.25) is 0 Å². The first-order chi connectivity index (χ1) is 10.3. The van der Waals surface area contributed by atoms with Crippen LogP contribution in [0.2, 0.25) is 0 Å². The van der Waals surface area contributed by atoms with Gasteiger partial charge in [0.05, 0.1) is 6.10 Å². The molecule has 1 atom stereocenters. The van der Waals surface area contributed by atoms with Gasteiger partial charge in [0.1, 0.15) is 16.6 Å². The Balaban J connectivity index is 2.25. The topological polar surface area (TPSA) is 89.3 Å². The zero-order valence-corrected chi connectivity index (χ0v) is 13.3. The second-order valence-corrected chi connectivity index (χ2v) is 6.29. The number of aryl methyl sites for hydroxylation is 1. The molecule has 1 aromatic heterocycles. The van der Waals surface area contributed by atoms with Crippen LogP contribution in [-0.4, -0.2) is 38.0 Å². The second-order valence-electron chi connectivity index (χ2n) is 6.29. The predicted molar refractivity (Wildman–Crippen MR) is 83.1 cm³/mol. The monoisotopic (exact) mass is 306 g/mol. The van der Waals surface area contributed by atoms with Crippen molar-refractivity contribution in [3.8, 4) is 0 Å². The molecule has 0 aliphatic carbocycles. The van der Waals surface area contributed by atoms with E-state index in [1.54, 1.807) is 27.7 Å². The zero-order chi connectivity index (χ0) is 16.3. The summed E-state index contributed by atoms with van der Waals surface area (Å²) < 4.78 is 5.22. The fourth-order valence-electron chi connectivity index (χ4n) is 2.07. The molecule has 0 saturated carbocycles. The van der Waals surface area contributed by atoms with Gasteiger partial charge in [0.15, 0.2) is 0 Å². The third-order valence-corrected chi connectivity index (χ3v) is 2.98. The Morgan fingerprint density at radius 1 is 1.45 bits per heavy atom. The van der Waals surface area contributed by atoms with Gasteiger partial charge in [0, 0.05) is 0 Å². The highest BCUT2D eigenvalue weighted by Crippen LogP contribution is 2.18. The summed E-state index contributed by atoms with van der Waals surface area (Å²) in [7, 11) is 0. The molecule has 1 heterocycles. The molecule has 0 saturated heterocycles. The molecule has 120 valence electrons. The molecule has 0 aliphatic heterocycles. The molecule has 2 rings (SSSR count). The Morgan fingerprint density at radius 2 is 2.18 bits per heavy atom. The highest BCUT2D eigenvalue weighted by Gasteiger charge is 2.18. The molecule has 1 amide bonds. The number of benzene rings is 1. The van der Waals surface area contributed by atoms with E-state index >= 15 is 0 Å². The van der Waals surface area contributed by atoms with E-state index in [9.17, 15) is 9.90 Å². The summed E-state index contributed by atoms with van der Waals surface area (Å²) in [5.41, 5.74) is 4.34. The van der Waals surface area contributed by atoms with Crippen LogP contribution in [0.4, 0.5) is 4.79 Å². The number of nitrogens with zero attached hydrogens (tertiary/aromatic N) is 3. The van der Waals surface area contributed by atoms with Crippen LogP contribution < -0.4 is 5.43 Å². The van der Waals surface area contributed by atoms with Gasteiger partial charge in [-0.05, 0) is 57.4 Å². The first-order valence-corrected chi connectivity index (χ1v) is 7.27. The molecule has 0 fully saturated rings. The number of ether oxygens (including phenoxy) is 1. The lowest BCUT2D eigenvalue weighted by Crippen LogP contribution is -2.32. The predicted octanol–water partition coefficient (Wildman–Crippen LogP) is 2.22. The van der Waals surface area contributed by atoms with Gasteiger partial charge in [-0.15, -0.1) is 9.89 Å². The third-order valence-electron chi connectivity index (χ3n) is 2.98. The normalized spacial score (nSPS) is 13.1. The fourth-order valence-corrected chi connectivity index (χ4v) is 2.07. The van der Waals surface area contributed by atoms with Gasteiger partial charge in [-0.2, -0.15) is 0 Å². The zero-order valence-electron chi connectivity index (χ0n) is 13.3. The number of carbonyl (C=O) groups excluding carboxylic acids is 1. The summed E-state index contributed by atoms with van der Waals surface area (Å²) in [6.07, 6.45) is 0.304. The molecule has 0 bridgehead atoms. The van der Waals surface area contributed by atoms with E-state index in [0.29, 0.717) is 23.9 Å². The van der Waals surface area contributed by atoms with Crippen LogP contribution >= 0.6 is 0 Å². The van der Waals surface area contributed by atoms with Gasteiger partial charge >= 0.3 is 6.09 Å². The lowest BCUT2D eigenvalue weighted by molar-refractivity contribution is 0.0610. The number of carbonyl (C=O) groups is 1. The van der Waals surface area contributed by atoms with Gasteiger partial charge in [0.2, 0.25) is 0 Å². The molecule has 22 heavy (non-hydrogen) atoms. The van der Waals surface area contributed by atoms with Crippen LogP contribution in [0.25, 0.3) is 11.0 Å². The fraction of sp³-hybridized carbons (Fsp3) is 0.533. The number of hydrogen-bond acceptors (Lipinski definition) is 5. The summed E-state index contributed by atoms with van der Waals surface area (Å²) >= 11 is 0. The molecule has 2 aromatic rings. The SMILES string of the molecule is C[C@H](O)CCc1cccc2nnn(NC(=O)OC(C)(C)C)c12. The molecule has 0 spiro atoms. The number of amides is 1. The number of aliphatic hydroxyl groups excluding tert-OH is 1. The van der Waals surface area contributed by atoms with E-state index in [2.05, 4.69) is 15.7 Å². The molecule has 7 nitrogen and oxygen atoms in total. The second kappa shape index (κ2) is 6.31. The number of aliphatic hydroxyl groups is 1. The highest BCUT2D eigenvalue weighted by molar-refractivity contribution is 5.82. The van der Waals surface area contributed by atoms with Crippen LogP contribution in [0.15, 0.2) is 18.2 Å². The van der Waals surface area contributed by atoms with Crippen molar-refractivity contribution in [3.05, 3.63) is 23.8 Å². The van der Waals surface area contributed by atoms with E-state index in [0.717, 1.165) is 5.56 Å². The number of rotatable bonds is 4. The molecule has 7 heteroatoms. The van der Waals surface area contributed by atoms with Gasteiger partial charge in [0.25, 0.3) is 0 Å². The maximum absolute atomic E-state index is 11.9. The average molecular weight is 306 g/mol. The average Bonchev–Trinajstić information content (AvgIpc) is 2.78. The lowest BCUT2D eigenvalue weighted by atomic mass is 10.1. The molecule has 0 unspecified atom stereocenters. The number of fused-ring (bicyclic) bond motifs is 1. The van der Waals surface area contributed by atoms with Crippen LogP contribution in [-0.2, 0) is 11.2 Å². The van der Waals surface area contributed by atoms with E-state index in [1.165, 1.54) is 4.79 Å². The summed E-state index contributed by atoms with van der Waals surface area (Å²) in [5, 5.41) is 17.4. The lowest BCUT2D eigenvalue weighted by Gasteiger charge is -2.19. The van der Waals surface area contributed by atoms with E-state index in [-0.39, 0.29) is 0 Å². The van der Waals surface area contributed by atoms with Crippen LogP contribution in [0.3, 0.4) is 0 Å². The number of nitrogens with one attached hydrogen (secondary N) is 1. The Morgan fingerprint density at radius 3 is 2.82 bits per heavy atom. The minimum Gasteiger partial charge on any atom is -0.443 e. The van der Waals surface area contributed by atoms with E-state index < -0.39 is 17.8 Å². The van der Waals surface area contributed by atoms with Crippen molar-refractivity contribution >= 4 is 17.1 Å². The summed E-state index contributed by atoms with van der Waals surface area (Å²) in [6, 6.07) is 5.63. The van der Waals surface area contributed by atoms with E-state index in [1.807, 2.05) is 18.2 Å². The highest BCUT2D eigenvalue weighted by atomic mass is 16.6. The van der Waals surface area contributed by atoms with Crippen molar-refractivity contribution in [2.45, 2.75) is 52.2 Å². The molecule has 0 aliphatic rings. The number of hydrogen-bond donors (Lipinski definition) is 2.